The van der Waals surface area contributed by atoms with Gasteiger partial charge in [-0.25, -0.2) is 0 Å². The van der Waals surface area contributed by atoms with Crippen LogP contribution in [0.15, 0.2) is 0 Å². The maximum absolute atomic E-state index is 11.0. The highest BCUT2D eigenvalue weighted by molar-refractivity contribution is 5.86. The Morgan fingerprint density at radius 1 is 1.42 bits per heavy atom. The summed E-state index contributed by atoms with van der Waals surface area (Å²) >= 11 is 0. The minimum absolute atomic E-state index is 0.408. The topological polar surface area (TPSA) is 20.3 Å². The number of nitrogens with zero attached hydrogens (tertiary/aromatic N) is 1. The monoisotopic (exact) mass is 169 g/mol. The van der Waals surface area contributed by atoms with Crippen LogP contribution in [0.2, 0.25) is 0 Å². The fourth-order valence-corrected chi connectivity index (χ4v) is 1.65. The van der Waals surface area contributed by atoms with E-state index in [1.807, 2.05) is 0 Å². The maximum atomic E-state index is 11.0. The summed E-state index contributed by atoms with van der Waals surface area (Å²) in [5, 5.41) is 0. The highest BCUT2D eigenvalue weighted by Gasteiger charge is 2.27. The lowest BCUT2D eigenvalue weighted by Gasteiger charge is -2.26. The van der Waals surface area contributed by atoms with E-state index < -0.39 is 0 Å². The van der Waals surface area contributed by atoms with Crippen molar-refractivity contribution in [1.29, 1.82) is 0 Å². The van der Waals surface area contributed by atoms with Crippen molar-refractivity contribution in [2.24, 2.45) is 5.92 Å². The molecule has 2 heteroatoms. The average molecular weight is 169 g/mol. The van der Waals surface area contributed by atoms with E-state index in [0.29, 0.717) is 11.7 Å². The summed E-state index contributed by atoms with van der Waals surface area (Å²) in [6, 6.07) is 0. The van der Waals surface area contributed by atoms with Crippen LogP contribution in [-0.2, 0) is 4.79 Å². The second kappa shape index (κ2) is 4.61. The lowest BCUT2D eigenvalue weighted by molar-refractivity contribution is -0.129. The molecule has 0 heterocycles. The number of carbonyl (C=O) groups is 1. The molecular formula is C10H19NO. The van der Waals surface area contributed by atoms with Gasteiger partial charge in [0.05, 0.1) is 0 Å². The van der Waals surface area contributed by atoms with Gasteiger partial charge in [-0.3, -0.25) is 4.79 Å². The van der Waals surface area contributed by atoms with Crippen molar-refractivity contribution in [1.82, 2.24) is 4.90 Å². The van der Waals surface area contributed by atoms with Gasteiger partial charge in [0.2, 0.25) is 0 Å². The Morgan fingerprint density at radius 2 is 2.08 bits per heavy atom. The molecule has 0 aromatic rings. The Balaban J connectivity index is 2.11. The van der Waals surface area contributed by atoms with E-state index in [-0.39, 0.29) is 0 Å². The van der Waals surface area contributed by atoms with Crippen molar-refractivity contribution < 1.29 is 4.79 Å². The summed E-state index contributed by atoms with van der Waals surface area (Å²) in [5.41, 5.74) is 0. The van der Waals surface area contributed by atoms with Crippen LogP contribution < -0.4 is 0 Å². The summed E-state index contributed by atoms with van der Waals surface area (Å²) in [4.78, 5) is 13.4. The van der Waals surface area contributed by atoms with Crippen LogP contribution in [0.5, 0.6) is 0 Å². The van der Waals surface area contributed by atoms with Crippen LogP contribution in [0.1, 0.15) is 33.1 Å². The Bertz CT molecular complexity index is 152. The van der Waals surface area contributed by atoms with Crippen LogP contribution in [0.3, 0.4) is 0 Å². The first-order valence-corrected chi connectivity index (χ1v) is 5.03. The predicted molar refractivity (Wildman–Crippen MR) is 50.1 cm³/mol. The summed E-state index contributed by atoms with van der Waals surface area (Å²) < 4.78 is 0. The first-order valence-electron chi connectivity index (χ1n) is 5.03. The molecule has 0 N–H and O–H groups in total. The van der Waals surface area contributed by atoms with Gasteiger partial charge in [-0.05, 0) is 32.5 Å². The van der Waals surface area contributed by atoms with Crippen LogP contribution in [0.4, 0.5) is 0 Å². The Kier molecular flexibility index (Phi) is 3.73. The van der Waals surface area contributed by atoms with Crippen molar-refractivity contribution in [3.05, 3.63) is 0 Å². The van der Waals surface area contributed by atoms with E-state index in [4.69, 9.17) is 0 Å². The molecule has 1 aliphatic rings. The number of carbonyl (C=O) groups excluding carboxylic acids is 1. The van der Waals surface area contributed by atoms with Gasteiger partial charge in [-0.15, -0.1) is 0 Å². The summed E-state index contributed by atoms with van der Waals surface area (Å²) in [7, 11) is 0. The second-order valence-electron chi connectivity index (χ2n) is 3.52. The number of hydrogen-bond acceptors (Lipinski definition) is 2. The molecule has 0 amide bonds. The Labute approximate surface area is 74.9 Å². The smallest absolute Gasteiger partial charge is 0.136 e. The highest BCUT2D eigenvalue weighted by Crippen LogP contribution is 2.25. The van der Waals surface area contributed by atoms with Gasteiger partial charge < -0.3 is 4.90 Å². The highest BCUT2D eigenvalue weighted by atomic mass is 16.1. The molecule has 2 nitrogen and oxygen atoms in total. The van der Waals surface area contributed by atoms with Gasteiger partial charge in [0.1, 0.15) is 5.78 Å². The number of hydrogen-bond donors (Lipinski definition) is 0. The van der Waals surface area contributed by atoms with Gasteiger partial charge in [0.25, 0.3) is 0 Å². The molecule has 0 aromatic heterocycles. The summed E-state index contributed by atoms with van der Waals surface area (Å²) in [5.74, 6) is 0.896. The van der Waals surface area contributed by atoms with E-state index in [0.717, 1.165) is 38.9 Å². The molecule has 1 rings (SSSR count). The first kappa shape index (κ1) is 9.72. The van der Waals surface area contributed by atoms with E-state index in [1.165, 1.54) is 0 Å². The first-order chi connectivity index (χ1) is 5.77. The van der Waals surface area contributed by atoms with Gasteiger partial charge in [-0.1, -0.05) is 13.8 Å². The van der Waals surface area contributed by atoms with Gasteiger partial charge in [0.15, 0.2) is 0 Å². The molecule has 70 valence electrons. The second-order valence-corrected chi connectivity index (χ2v) is 3.52. The zero-order valence-electron chi connectivity index (χ0n) is 8.18. The standard InChI is InChI=1S/C10H19NO/c1-3-11(4-2)8-7-9-5-6-10(9)12/h9H,3-8H2,1-2H3. The molecule has 12 heavy (non-hydrogen) atoms. The van der Waals surface area contributed by atoms with E-state index in [9.17, 15) is 4.79 Å². The van der Waals surface area contributed by atoms with Crippen LogP contribution in [-0.4, -0.2) is 30.3 Å². The van der Waals surface area contributed by atoms with Gasteiger partial charge in [0, 0.05) is 12.3 Å². The van der Waals surface area contributed by atoms with Crippen molar-refractivity contribution in [3.8, 4) is 0 Å². The average Bonchev–Trinajstić information content (AvgIpc) is 2.10. The Hall–Kier alpha value is -0.370. The van der Waals surface area contributed by atoms with Gasteiger partial charge in [-0.2, -0.15) is 0 Å². The summed E-state index contributed by atoms with van der Waals surface area (Å²) in [6.07, 6.45) is 3.06. The molecule has 1 fully saturated rings. The zero-order valence-corrected chi connectivity index (χ0v) is 8.18. The number of Topliss-reactive ketones (excluding diaryl/α,β-unsaturated/α-hetero) is 1. The number of rotatable bonds is 5. The van der Waals surface area contributed by atoms with Crippen molar-refractivity contribution in [2.75, 3.05) is 19.6 Å². The number of ketones is 1. The van der Waals surface area contributed by atoms with Crippen LogP contribution in [0.25, 0.3) is 0 Å². The molecule has 1 atom stereocenters. The molecular weight excluding hydrogens is 150 g/mol. The molecule has 0 aliphatic heterocycles. The zero-order chi connectivity index (χ0) is 8.97. The van der Waals surface area contributed by atoms with E-state index in [2.05, 4.69) is 18.7 Å². The molecule has 0 aromatic carbocycles. The maximum Gasteiger partial charge on any atom is 0.136 e. The van der Waals surface area contributed by atoms with E-state index >= 15 is 0 Å². The third-order valence-electron chi connectivity index (χ3n) is 2.88. The Morgan fingerprint density at radius 3 is 2.42 bits per heavy atom. The van der Waals surface area contributed by atoms with Crippen molar-refractivity contribution in [2.45, 2.75) is 33.1 Å². The summed E-state index contributed by atoms with van der Waals surface area (Å²) in [6.45, 7) is 7.66. The molecule has 1 saturated carbocycles. The normalized spacial score (nSPS) is 22.9. The molecule has 0 radical (unpaired) electrons. The molecule has 0 spiro atoms. The quantitative estimate of drug-likeness (QED) is 0.624. The largest absolute Gasteiger partial charge is 0.304 e. The van der Waals surface area contributed by atoms with Crippen LogP contribution >= 0.6 is 0 Å². The lowest BCUT2D eigenvalue weighted by atomic mass is 9.81. The third kappa shape index (κ3) is 2.31. The lowest BCUT2D eigenvalue weighted by Crippen LogP contribution is -2.31. The molecule has 0 saturated heterocycles. The van der Waals surface area contributed by atoms with Crippen molar-refractivity contribution in [3.63, 3.8) is 0 Å². The minimum Gasteiger partial charge on any atom is -0.304 e. The molecule has 0 bridgehead atoms. The molecule has 1 unspecified atom stereocenters. The molecule has 1 aliphatic carbocycles. The van der Waals surface area contributed by atoms with Gasteiger partial charge >= 0.3 is 0 Å². The van der Waals surface area contributed by atoms with Crippen molar-refractivity contribution >= 4 is 5.78 Å². The van der Waals surface area contributed by atoms with Crippen LogP contribution in [0, 0.1) is 5.92 Å². The van der Waals surface area contributed by atoms with E-state index in [1.54, 1.807) is 0 Å². The SMILES string of the molecule is CCN(CC)CCC1CCC1=O. The minimum atomic E-state index is 0.408. The predicted octanol–water partition coefficient (Wildman–Crippen LogP) is 1.70. The fourth-order valence-electron chi connectivity index (χ4n) is 1.65. The fraction of sp³-hybridized carbons (Fsp3) is 0.900. The third-order valence-corrected chi connectivity index (χ3v) is 2.88.